The third-order valence-electron chi connectivity index (χ3n) is 6.25. The number of aliphatic hydroxyl groups excluding tert-OH is 4. The average Bonchev–Trinajstić information content (AvgIpc) is 2.83. The van der Waals surface area contributed by atoms with Gasteiger partial charge in [0.25, 0.3) is 0 Å². The van der Waals surface area contributed by atoms with Gasteiger partial charge in [0.15, 0.2) is 6.29 Å². The first-order valence-electron chi connectivity index (χ1n) is 13.1. The number of ether oxygens (including phenoxy) is 2. The van der Waals surface area contributed by atoms with Crippen molar-refractivity contribution in [2.45, 2.75) is 127 Å². The summed E-state index contributed by atoms with van der Waals surface area (Å²) >= 11 is 0. The Morgan fingerprint density at radius 2 is 1.53 bits per heavy atom. The van der Waals surface area contributed by atoms with Crippen LogP contribution < -0.4 is 5.73 Å². The molecule has 0 aromatic rings. The molecule has 12 heteroatoms. The van der Waals surface area contributed by atoms with Crippen molar-refractivity contribution in [1.82, 2.24) is 0 Å². The highest BCUT2D eigenvalue weighted by atomic mass is 32.3. The lowest BCUT2D eigenvalue weighted by Crippen LogP contribution is -2.61. The molecule has 7 unspecified atom stereocenters. The van der Waals surface area contributed by atoms with Crippen molar-refractivity contribution >= 4 is 10.4 Å². The van der Waals surface area contributed by atoms with Gasteiger partial charge in [0.2, 0.25) is 0 Å². The summed E-state index contributed by atoms with van der Waals surface area (Å²) < 4.78 is 45.8. The first-order chi connectivity index (χ1) is 17.1. The van der Waals surface area contributed by atoms with Gasteiger partial charge in [-0.25, -0.2) is 4.18 Å². The molecule has 1 saturated heterocycles. The number of allylic oxidation sites excluding steroid dienone is 1. The fourth-order valence-electron chi connectivity index (χ4n) is 4.05. The Morgan fingerprint density at radius 1 is 0.972 bits per heavy atom. The number of rotatable bonds is 20. The van der Waals surface area contributed by atoms with Gasteiger partial charge in [-0.15, -0.1) is 0 Å². The van der Waals surface area contributed by atoms with Crippen LogP contribution in [-0.4, -0.2) is 89.5 Å². The van der Waals surface area contributed by atoms with Gasteiger partial charge in [-0.3, -0.25) is 4.55 Å². The molecular weight excluding hydrogens is 494 g/mol. The molecule has 1 rings (SSSR count). The Kier molecular flexibility index (Phi) is 17.2. The standard InChI is InChI=1S/C24H47NO10S/c1-2-3-4-5-6-7-8-9-10-11-12-13-14-15-19(27)18(25)17-33-24-22(29)23(35-36(30,31)32)21(28)20(16-26)34-24/h14-15,18-24,26-29H,2-13,16-17,25H2,1H3,(H,30,31,32). The molecule has 0 saturated carbocycles. The number of nitrogens with two attached hydrogens (primary N) is 1. The van der Waals surface area contributed by atoms with E-state index in [-0.39, 0.29) is 6.61 Å². The minimum absolute atomic E-state index is 0.279. The topological polar surface area (TPSA) is 189 Å². The van der Waals surface area contributed by atoms with Crippen molar-refractivity contribution in [2.24, 2.45) is 5.73 Å². The third kappa shape index (κ3) is 13.8. The van der Waals surface area contributed by atoms with E-state index in [9.17, 15) is 28.8 Å². The Labute approximate surface area is 215 Å². The molecule has 7 N–H and O–H groups in total. The van der Waals surface area contributed by atoms with E-state index < -0.39 is 59.9 Å². The van der Waals surface area contributed by atoms with Crippen LogP contribution in [0.25, 0.3) is 0 Å². The second-order valence-electron chi connectivity index (χ2n) is 9.44. The van der Waals surface area contributed by atoms with Gasteiger partial charge in [-0.05, 0) is 12.8 Å². The van der Waals surface area contributed by atoms with E-state index in [4.69, 9.17) is 19.8 Å². The summed E-state index contributed by atoms with van der Waals surface area (Å²) in [6.45, 7) is 1.22. The Morgan fingerprint density at radius 3 is 2.06 bits per heavy atom. The molecule has 7 atom stereocenters. The highest BCUT2D eigenvalue weighted by molar-refractivity contribution is 7.80. The second kappa shape index (κ2) is 18.6. The molecule has 36 heavy (non-hydrogen) atoms. The van der Waals surface area contributed by atoms with Crippen molar-refractivity contribution in [1.29, 1.82) is 0 Å². The van der Waals surface area contributed by atoms with Crippen LogP contribution in [0.4, 0.5) is 0 Å². The highest BCUT2D eigenvalue weighted by Gasteiger charge is 2.47. The van der Waals surface area contributed by atoms with Crippen LogP contribution in [0.5, 0.6) is 0 Å². The van der Waals surface area contributed by atoms with Crippen molar-refractivity contribution in [3.63, 3.8) is 0 Å². The fraction of sp³-hybridized carbons (Fsp3) is 0.917. The molecule has 1 aliphatic rings. The SMILES string of the molecule is CCCCCCCCCCCCCC=CC(O)C(N)COC1OC(CO)C(O)C(OS(=O)(=O)O)C1O. The summed E-state index contributed by atoms with van der Waals surface area (Å²) in [4.78, 5) is 0. The number of hydrogen-bond acceptors (Lipinski definition) is 10. The lowest BCUT2D eigenvalue weighted by molar-refractivity contribution is -0.298. The molecule has 0 aliphatic carbocycles. The van der Waals surface area contributed by atoms with Crippen molar-refractivity contribution in [3.8, 4) is 0 Å². The number of unbranched alkanes of at least 4 members (excludes halogenated alkanes) is 11. The largest absolute Gasteiger partial charge is 0.397 e. The molecule has 0 amide bonds. The van der Waals surface area contributed by atoms with Crippen LogP contribution in [0.1, 0.15) is 84.0 Å². The van der Waals surface area contributed by atoms with Gasteiger partial charge in [-0.2, -0.15) is 8.42 Å². The molecule has 0 aromatic carbocycles. The first-order valence-corrected chi connectivity index (χ1v) is 14.5. The van der Waals surface area contributed by atoms with Gasteiger partial charge in [-0.1, -0.05) is 83.3 Å². The third-order valence-corrected chi connectivity index (χ3v) is 6.72. The molecule has 0 bridgehead atoms. The van der Waals surface area contributed by atoms with E-state index >= 15 is 0 Å². The average molecular weight is 542 g/mol. The summed E-state index contributed by atoms with van der Waals surface area (Å²) in [5, 5.41) is 39.8. The summed E-state index contributed by atoms with van der Waals surface area (Å²) in [5.41, 5.74) is 5.93. The fourth-order valence-corrected chi connectivity index (χ4v) is 4.56. The zero-order valence-corrected chi connectivity index (χ0v) is 22.2. The minimum atomic E-state index is -5.00. The smallest absolute Gasteiger partial charge is 0.394 e. The van der Waals surface area contributed by atoms with Gasteiger partial charge in [0.05, 0.1) is 25.4 Å². The van der Waals surface area contributed by atoms with Crippen LogP contribution in [0.2, 0.25) is 0 Å². The summed E-state index contributed by atoms with van der Waals surface area (Å²) in [7, 11) is -5.00. The Hall–Kier alpha value is -0.670. The molecule has 1 heterocycles. The van der Waals surface area contributed by atoms with Gasteiger partial charge < -0.3 is 35.6 Å². The molecular formula is C24H47NO10S. The van der Waals surface area contributed by atoms with Crippen molar-refractivity contribution in [2.75, 3.05) is 13.2 Å². The molecule has 1 aliphatic heterocycles. The Bertz CT molecular complexity index is 692. The van der Waals surface area contributed by atoms with Gasteiger partial charge in [0.1, 0.15) is 24.4 Å². The van der Waals surface area contributed by atoms with Crippen LogP contribution in [0, 0.1) is 0 Å². The van der Waals surface area contributed by atoms with Crippen LogP contribution in [0.3, 0.4) is 0 Å². The zero-order chi connectivity index (χ0) is 27.0. The van der Waals surface area contributed by atoms with E-state index in [0.29, 0.717) is 0 Å². The van der Waals surface area contributed by atoms with Gasteiger partial charge >= 0.3 is 10.4 Å². The molecule has 0 radical (unpaired) electrons. The maximum absolute atomic E-state index is 11.0. The van der Waals surface area contributed by atoms with Crippen molar-refractivity contribution in [3.05, 3.63) is 12.2 Å². The number of aliphatic hydroxyl groups is 4. The predicted molar refractivity (Wildman–Crippen MR) is 134 cm³/mol. The molecule has 1 fully saturated rings. The highest BCUT2D eigenvalue weighted by Crippen LogP contribution is 2.25. The molecule has 0 spiro atoms. The summed E-state index contributed by atoms with van der Waals surface area (Å²) in [5.74, 6) is 0. The van der Waals surface area contributed by atoms with E-state index in [1.54, 1.807) is 6.08 Å². The quantitative estimate of drug-likeness (QED) is 0.0745. The molecule has 0 aromatic heterocycles. The van der Waals surface area contributed by atoms with Crippen LogP contribution in [0.15, 0.2) is 12.2 Å². The summed E-state index contributed by atoms with van der Waals surface area (Å²) in [6.07, 6.45) is 8.83. The zero-order valence-electron chi connectivity index (χ0n) is 21.4. The Balaban J connectivity index is 2.28. The first kappa shape index (κ1) is 33.4. The van der Waals surface area contributed by atoms with Crippen LogP contribution in [-0.2, 0) is 24.1 Å². The summed E-state index contributed by atoms with van der Waals surface area (Å²) in [6, 6.07) is -0.880. The van der Waals surface area contributed by atoms with Gasteiger partial charge in [0, 0.05) is 0 Å². The predicted octanol–water partition coefficient (Wildman–Crippen LogP) is 1.58. The molecule has 11 nitrogen and oxygen atoms in total. The maximum Gasteiger partial charge on any atom is 0.397 e. The van der Waals surface area contributed by atoms with E-state index in [2.05, 4.69) is 11.1 Å². The van der Waals surface area contributed by atoms with E-state index in [0.717, 1.165) is 19.3 Å². The second-order valence-corrected chi connectivity index (χ2v) is 10.5. The van der Waals surface area contributed by atoms with E-state index in [1.165, 1.54) is 57.8 Å². The number of hydrogen-bond donors (Lipinski definition) is 6. The maximum atomic E-state index is 11.0. The lowest BCUT2D eigenvalue weighted by Gasteiger charge is -2.41. The minimum Gasteiger partial charge on any atom is -0.394 e. The van der Waals surface area contributed by atoms with E-state index in [1.807, 2.05) is 6.08 Å². The lowest BCUT2D eigenvalue weighted by atomic mass is 9.99. The molecule has 214 valence electrons. The van der Waals surface area contributed by atoms with Crippen LogP contribution >= 0.6 is 0 Å². The van der Waals surface area contributed by atoms with Crippen molar-refractivity contribution < 1.29 is 47.1 Å². The normalized spacial score (nSPS) is 26.9. The monoisotopic (exact) mass is 541 g/mol.